The van der Waals surface area contributed by atoms with Gasteiger partial charge in [0, 0.05) is 45.5 Å². The Hall–Kier alpha value is -2.68. The fraction of sp³-hybridized carbons (Fsp3) is 0.333. The van der Waals surface area contributed by atoms with Crippen molar-refractivity contribution >= 4 is 32.6 Å². The van der Waals surface area contributed by atoms with E-state index in [4.69, 9.17) is 4.74 Å². The molecule has 1 aliphatic heterocycles. The van der Waals surface area contributed by atoms with E-state index >= 15 is 0 Å². The lowest BCUT2D eigenvalue weighted by atomic mass is 10.3. The summed E-state index contributed by atoms with van der Waals surface area (Å²) in [5.74, 6) is -1.90. The highest BCUT2D eigenvalue weighted by Gasteiger charge is 2.26. The first kappa shape index (κ1) is 17.7. The lowest BCUT2D eigenvalue weighted by Crippen LogP contribution is -2.49. The van der Waals surface area contributed by atoms with E-state index in [0.717, 1.165) is 11.3 Å². The van der Waals surface area contributed by atoms with E-state index in [1.165, 1.54) is 13.2 Å². The molecule has 0 unspecified atom stereocenters. The van der Waals surface area contributed by atoms with E-state index in [1.807, 2.05) is 24.2 Å². The number of aromatic nitrogens is 2. The van der Waals surface area contributed by atoms with Crippen molar-refractivity contribution in [1.82, 2.24) is 14.5 Å². The van der Waals surface area contributed by atoms with Crippen molar-refractivity contribution in [1.29, 1.82) is 0 Å². The number of methoxy groups -OCH3 is 1. The Morgan fingerprint density at radius 1 is 1.26 bits per heavy atom. The second-order valence-electron chi connectivity index (χ2n) is 6.33. The second kappa shape index (κ2) is 6.80. The molecule has 9 heteroatoms. The molecule has 0 aliphatic carbocycles. The topological polar surface area (TPSA) is 50.6 Å². The Bertz CT molecular complexity index is 1010. The van der Waals surface area contributed by atoms with Crippen molar-refractivity contribution in [3.05, 3.63) is 41.7 Å². The van der Waals surface area contributed by atoms with Crippen LogP contribution in [0.1, 0.15) is 10.5 Å². The van der Waals surface area contributed by atoms with Gasteiger partial charge in [-0.25, -0.2) is 13.8 Å². The number of fused-ring (bicyclic) bond motifs is 1. The summed E-state index contributed by atoms with van der Waals surface area (Å²) in [5.41, 5.74) is 0.918. The van der Waals surface area contributed by atoms with Gasteiger partial charge in [-0.15, -0.1) is 0 Å². The molecule has 142 valence electrons. The van der Waals surface area contributed by atoms with Gasteiger partial charge in [-0.3, -0.25) is 4.79 Å². The van der Waals surface area contributed by atoms with Crippen molar-refractivity contribution in [2.75, 3.05) is 38.2 Å². The number of anilines is 1. The van der Waals surface area contributed by atoms with Gasteiger partial charge in [0.1, 0.15) is 5.69 Å². The highest BCUT2D eigenvalue weighted by atomic mass is 32.1. The molecule has 1 aromatic carbocycles. The monoisotopic (exact) mass is 392 g/mol. The number of amides is 1. The van der Waals surface area contributed by atoms with Crippen LogP contribution in [0.15, 0.2) is 24.4 Å². The number of nitrogens with zero attached hydrogens (tertiary/aromatic N) is 4. The minimum Gasteiger partial charge on any atom is -0.491 e. The fourth-order valence-electron chi connectivity index (χ4n) is 3.24. The van der Waals surface area contributed by atoms with Crippen LogP contribution in [0.5, 0.6) is 5.75 Å². The number of ether oxygens (including phenoxy) is 1. The SMILES string of the molecule is COc1c(F)cc2nc(N3CCN(C(=O)c4cccn4C)CC3)sc2c1F. The van der Waals surface area contributed by atoms with E-state index in [1.54, 1.807) is 15.5 Å². The number of aryl methyl sites for hydroxylation is 1. The number of halogens is 2. The molecule has 3 aromatic rings. The third kappa shape index (κ3) is 3.01. The molecule has 3 heterocycles. The molecule has 0 bridgehead atoms. The van der Waals surface area contributed by atoms with Gasteiger partial charge < -0.3 is 19.1 Å². The average Bonchev–Trinajstić information content (AvgIpc) is 3.28. The Labute approximate surface area is 158 Å². The highest BCUT2D eigenvalue weighted by molar-refractivity contribution is 7.22. The Kier molecular flexibility index (Phi) is 4.47. The van der Waals surface area contributed by atoms with Gasteiger partial charge in [-0.2, -0.15) is 0 Å². The van der Waals surface area contributed by atoms with E-state index in [2.05, 4.69) is 4.98 Å². The van der Waals surface area contributed by atoms with Crippen LogP contribution in [0, 0.1) is 11.6 Å². The van der Waals surface area contributed by atoms with Gasteiger partial charge in [-0.05, 0) is 12.1 Å². The smallest absolute Gasteiger partial charge is 0.270 e. The molecule has 1 saturated heterocycles. The summed E-state index contributed by atoms with van der Waals surface area (Å²) in [5, 5.41) is 0.613. The van der Waals surface area contributed by atoms with E-state index < -0.39 is 17.4 Å². The van der Waals surface area contributed by atoms with Gasteiger partial charge >= 0.3 is 0 Å². The van der Waals surface area contributed by atoms with Crippen molar-refractivity contribution in [3.8, 4) is 5.75 Å². The van der Waals surface area contributed by atoms with E-state index in [0.29, 0.717) is 37.0 Å². The average molecular weight is 392 g/mol. The summed E-state index contributed by atoms with van der Waals surface area (Å²) in [6.45, 7) is 2.24. The maximum atomic E-state index is 14.4. The van der Waals surface area contributed by atoms with Crippen molar-refractivity contribution in [2.45, 2.75) is 0 Å². The zero-order valence-electron chi connectivity index (χ0n) is 14.9. The molecular formula is C18H18F2N4O2S. The molecule has 27 heavy (non-hydrogen) atoms. The Morgan fingerprint density at radius 3 is 2.63 bits per heavy atom. The van der Waals surface area contributed by atoms with Crippen LogP contribution in [0.4, 0.5) is 13.9 Å². The molecule has 0 N–H and O–H groups in total. The zero-order valence-corrected chi connectivity index (χ0v) is 15.7. The van der Waals surface area contributed by atoms with Gasteiger partial charge in [0.2, 0.25) is 0 Å². The predicted molar refractivity (Wildman–Crippen MR) is 99.6 cm³/mol. The summed E-state index contributed by atoms with van der Waals surface area (Å²) in [6.07, 6.45) is 1.84. The van der Waals surface area contributed by atoms with Crippen molar-refractivity contribution in [2.24, 2.45) is 7.05 Å². The van der Waals surface area contributed by atoms with Crippen LogP contribution >= 0.6 is 11.3 Å². The number of thiazole rings is 1. The van der Waals surface area contributed by atoms with Crippen LogP contribution in [-0.4, -0.2) is 53.6 Å². The molecule has 0 atom stereocenters. The van der Waals surface area contributed by atoms with Gasteiger partial charge in [-0.1, -0.05) is 11.3 Å². The third-order valence-corrected chi connectivity index (χ3v) is 5.85. The fourth-order valence-corrected chi connectivity index (χ4v) is 4.27. The number of piperazine rings is 1. The third-order valence-electron chi connectivity index (χ3n) is 4.73. The number of carbonyl (C=O) groups excluding carboxylic acids is 1. The molecule has 6 nitrogen and oxygen atoms in total. The van der Waals surface area contributed by atoms with E-state index in [-0.39, 0.29) is 16.1 Å². The first-order valence-corrected chi connectivity index (χ1v) is 9.29. The molecule has 0 radical (unpaired) electrons. The molecule has 1 fully saturated rings. The number of hydrogen-bond donors (Lipinski definition) is 0. The number of rotatable bonds is 3. The van der Waals surface area contributed by atoms with Crippen molar-refractivity contribution < 1.29 is 18.3 Å². The van der Waals surface area contributed by atoms with Gasteiger partial charge in [0.25, 0.3) is 5.91 Å². The maximum absolute atomic E-state index is 14.4. The first-order valence-electron chi connectivity index (χ1n) is 8.47. The molecule has 1 aliphatic rings. The van der Waals surface area contributed by atoms with Crippen LogP contribution in [0.25, 0.3) is 10.2 Å². The molecule has 0 spiro atoms. The molecule has 2 aromatic heterocycles. The minimum atomic E-state index is -0.766. The molecular weight excluding hydrogens is 374 g/mol. The summed E-state index contributed by atoms with van der Waals surface area (Å²) in [6, 6.07) is 4.83. The van der Waals surface area contributed by atoms with Crippen LogP contribution in [-0.2, 0) is 7.05 Å². The minimum absolute atomic E-state index is 0.00991. The summed E-state index contributed by atoms with van der Waals surface area (Å²) in [7, 11) is 3.07. The first-order chi connectivity index (χ1) is 13.0. The lowest BCUT2D eigenvalue weighted by molar-refractivity contribution is 0.0737. The number of carbonyl (C=O) groups is 1. The molecule has 1 amide bonds. The maximum Gasteiger partial charge on any atom is 0.270 e. The number of benzene rings is 1. The quantitative estimate of drug-likeness (QED) is 0.688. The van der Waals surface area contributed by atoms with Gasteiger partial charge in [0.05, 0.1) is 17.3 Å². The number of hydrogen-bond acceptors (Lipinski definition) is 5. The normalized spacial score (nSPS) is 14.8. The van der Waals surface area contributed by atoms with Crippen molar-refractivity contribution in [3.63, 3.8) is 0 Å². The Morgan fingerprint density at radius 2 is 2.00 bits per heavy atom. The van der Waals surface area contributed by atoms with Crippen LogP contribution in [0.2, 0.25) is 0 Å². The summed E-state index contributed by atoms with van der Waals surface area (Å²) < 4.78 is 35.1. The molecule has 4 rings (SSSR count). The zero-order chi connectivity index (χ0) is 19.1. The largest absolute Gasteiger partial charge is 0.491 e. The highest BCUT2D eigenvalue weighted by Crippen LogP contribution is 2.36. The van der Waals surface area contributed by atoms with Crippen LogP contribution < -0.4 is 9.64 Å². The van der Waals surface area contributed by atoms with Gasteiger partial charge in [0.15, 0.2) is 22.5 Å². The predicted octanol–water partition coefficient (Wildman–Crippen LogP) is 2.88. The van der Waals surface area contributed by atoms with Crippen LogP contribution in [0.3, 0.4) is 0 Å². The summed E-state index contributed by atoms with van der Waals surface area (Å²) in [4.78, 5) is 20.7. The molecule has 0 saturated carbocycles. The second-order valence-corrected chi connectivity index (χ2v) is 7.31. The lowest BCUT2D eigenvalue weighted by Gasteiger charge is -2.34. The standard InChI is InChI=1S/C18H18F2N4O2S/c1-22-5-3-4-13(22)17(25)23-6-8-24(9-7-23)18-21-12-10-11(19)15(26-2)14(20)16(12)27-18/h3-5,10H,6-9H2,1-2H3. The summed E-state index contributed by atoms with van der Waals surface area (Å²) >= 11 is 1.16. The van der Waals surface area contributed by atoms with E-state index in [9.17, 15) is 13.6 Å². The Balaban J connectivity index is 1.52.